The second kappa shape index (κ2) is 5.21. The van der Waals surface area contributed by atoms with Crippen molar-refractivity contribution in [2.75, 3.05) is 21.2 Å². The number of amidine groups is 1. The molecule has 1 aromatic rings. The van der Waals surface area contributed by atoms with E-state index >= 15 is 0 Å². The molecule has 0 amide bonds. The Balaban J connectivity index is 2.52. The molecule has 1 aliphatic rings. The maximum Gasteiger partial charge on any atom is 0.150 e. The largest absolute Gasteiger partial charge is 0.496 e. The number of para-hydroxylation sites is 1. The molecule has 104 valence electrons. The highest BCUT2D eigenvalue weighted by molar-refractivity contribution is 6.02. The van der Waals surface area contributed by atoms with E-state index < -0.39 is 0 Å². The molecule has 1 unspecified atom stereocenters. The van der Waals surface area contributed by atoms with E-state index in [9.17, 15) is 0 Å². The first kappa shape index (κ1) is 13.9. The minimum Gasteiger partial charge on any atom is -0.496 e. The first-order chi connectivity index (χ1) is 8.97. The molecular weight excluding hydrogens is 238 g/mol. The second-order valence-electron chi connectivity index (χ2n) is 5.26. The summed E-state index contributed by atoms with van der Waals surface area (Å²) in [6.45, 7) is 6.44. The van der Waals surface area contributed by atoms with E-state index in [-0.39, 0.29) is 6.17 Å². The van der Waals surface area contributed by atoms with Crippen LogP contribution >= 0.6 is 0 Å². The molecule has 1 aromatic carbocycles. The summed E-state index contributed by atoms with van der Waals surface area (Å²) in [6.07, 6.45) is 0.160. The third-order valence-corrected chi connectivity index (χ3v) is 3.74. The topological polar surface area (TPSA) is 28.1 Å². The van der Waals surface area contributed by atoms with Crippen LogP contribution in [0.15, 0.2) is 23.2 Å². The first-order valence-corrected chi connectivity index (χ1v) is 6.69. The quantitative estimate of drug-likeness (QED) is 0.837. The summed E-state index contributed by atoms with van der Waals surface area (Å²) in [6, 6.07) is 6.27. The molecule has 1 aliphatic heterocycles. The van der Waals surface area contributed by atoms with Gasteiger partial charge in [0, 0.05) is 14.1 Å². The molecule has 19 heavy (non-hydrogen) atoms. The molecule has 0 aromatic heterocycles. The highest BCUT2D eigenvalue weighted by Crippen LogP contribution is 2.32. The van der Waals surface area contributed by atoms with Crippen molar-refractivity contribution < 1.29 is 4.74 Å². The molecule has 0 saturated carbocycles. The normalized spacial score (nSPS) is 20.1. The average Bonchev–Trinajstić information content (AvgIpc) is 2.65. The lowest BCUT2D eigenvalue weighted by Crippen LogP contribution is -2.38. The Morgan fingerprint density at radius 2 is 1.95 bits per heavy atom. The van der Waals surface area contributed by atoms with E-state index in [2.05, 4.69) is 49.0 Å². The van der Waals surface area contributed by atoms with E-state index in [1.54, 1.807) is 7.11 Å². The number of methoxy groups -OCH3 is 1. The zero-order valence-electron chi connectivity index (χ0n) is 12.6. The fraction of sp³-hybridized carbons (Fsp3) is 0.533. The van der Waals surface area contributed by atoms with Crippen molar-refractivity contribution in [3.8, 4) is 5.75 Å². The molecule has 0 bridgehead atoms. The van der Waals surface area contributed by atoms with Crippen LogP contribution in [0.1, 0.15) is 37.8 Å². The lowest BCUT2D eigenvalue weighted by atomic mass is 9.98. The Labute approximate surface area is 115 Å². The third-order valence-electron chi connectivity index (χ3n) is 3.74. The van der Waals surface area contributed by atoms with Crippen molar-refractivity contribution in [1.29, 1.82) is 0 Å². The maximum atomic E-state index is 5.64. The zero-order chi connectivity index (χ0) is 14.2. The molecular formula is C15H23N3O. The van der Waals surface area contributed by atoms with Crippen LogP contribution in [-0.2, 0) is 0 Å². The Bertz CT molecular complexity index is 496. The van der Waals surface area contributed by atoms with E-state index in [1.807, 2.05) is 14.1 Å². The highest BCUT2D eigenvalue weighted by Gasteiger charge is 2.28. The first-order valence-electron chi connectivity index (χ1n) is 6.69. The van der Waals surface area contributed by atoms with E-state index in [0.29, 0.717) is 5.92 Å². The number of hydrogen-bond acceptors (Lipinski definition) is 4. The number of rotatable bonds is 3. The van der Waals surface area contributed by atoms with Crippen LogP contribution in [0, 0.1) is 0 Å². The van der Waals surface area contributed by atoms with Crippen molar-refractivity contribution in [3.05, 3.63) is 29.3 Å². The van der Waals surface area contributed by atoms with Crippen molar-refractivity contribution >= 4 is 5.84 Å². The Morgan fingerprint density at radius 3 is 2.42 bits per heavy atom. The maximum absolute atomic E-state index is 5.64. The van der Waals surface area contributed by atoms with E-state index in [1.165, 1.54) is 5.56 Å². The van der Waals surface area contributed by atoms with Crippen LogP contribution in [0.4, 0.5) is 0 Å². The summed E-state index contributed by atoms with van der Waals surface area (Å²) < 4.78 is 5.64. The van der Waals surface area contributed by atoms with Gasteiger partial charge in [-0.15, -0.1) is 0 Å². The van der Waals surface area contributed by atoms with Crippen molar-refractivity contribution in [2.24, 2.45) is 4.99 Å². The molecule has 0 aliphatic carbocycles. The summed E-state index contributed by atoms with van der Waals surface area (Å²) in [4.78, 5) is 4.72. The van der Waals surface area contributed by atoms with Gasteiger partial charge in [0.1, 0.15) is 11.9 Å². The fourth-order valence-electron chi connectivity index (χ4n) is 2.40. The predicted octanol–water partition coefficient (Wildman–Crippen LogP) is 2.70. The predicted molar refractivity (Wildman–Crippen MR) is 78.6 cm³/mol. The van der Waals surface area contributed by atoms with Gasteiger partial charge in [0.15, 0.2) is 5.84 Å². The fourth-order valence-corrected chi connectivity index (χ4v) is 2.40. The van der Waals surface area contributed by atoms with Crippen molar-refractivity contribution in [3.63, 3.8) is 0 Å². The monoisotopic (exact) mass is 261 g/mol. The van der Waals surface area contributed by atoms with Gasteiger partial charge < -0.3 is 4.74 Å². The summed E-state index contributed by atoms with van der Waals surface area (Å²) in [7, 11) is 5.80. The smallest absolute Gasteiger partial charge is 0.150 e. The molecule has 2 rings (SSSR count). The molecule has 1 atom stereocenters. The minimum atomic E-state index is 0.160. The molecule has 4 nitrogen and oxygen atoms in total. The Kier molecular flexibility index (Phi) is 3.80. The lowest BCUT2D eigenvalue weighted by Gasteiger charge is -2.26. The summed E-state index contributed by atoms with van der Waals surface area (Å²) >= 11 is 0. The van der Waals surface area contributed by atoms with Gasteiger partial charge in [-0.1, -0.05) is 26.0 Å². The lowest BCUT2D eigenvalue weighted by molar-refractivity contribution is 0.0918. The van der Waals surface area contributed by atoms with E-state index in [4.69, 9.17) is 9.73 Å². The number of benzene rings is 1. The minimum absolute atomic E-state index is 0.160. The van der Waals surface area contributed by atoms with Crippen LogP contribution in [0.3, 0.4) is 0 Å². The number of nitrogens with zero attached hydrogens (tertiary/aromatic N) is 3. The van der Waals surface area contributed by atoms with Crippen LogP contribution in [0.2, 0.25) is 0 Å². The van der Waals surface area contributed by atoms with Gasteiger partial charge >= 0.3 is 0 Å². The molecule has 4 heteroatoms. The molecule has 0 N–H and O–H groups in total. The van der Waals surface area contributed by atoms with Crippen molar-refractivity contribution in [1.82, 2.24) is 10.0 Å². The van der Waals surface area contributed by atoms with Gasteiger partial charge in [0.2, 0.25) is 0 Å². The van der Waals surface area contributed by atoms with Gasteiger partial charge in [0.25, 0.3) is 0 Å². The number of ether oxygens (including phenoxy) is 1. The molecule has 0 saturated heterocycles. The SMILES string of the molecule is COc1c(C2=NC(C)N(C)N2C)cccc1C(C)C. The Morgan fingerprint density at radius 1 is 1.26 bits per heavy atom. The van der Waals surface area contributed by atoms with Gasteiger partial charge in [0.05, 0.1) is 12.7 Å². The van der Waals surface area contributed by atoms with Crippen LogP contribution < -0.4 is 4.74 Å². The second-order valence-corrected chi connectivity index (χ2v) is 5.26. The number of hydrogen-bond donors (Lipinski definition) is 0. The molecule has 0 radical (unpaired) electrons. The number of aliphatic imine (C=N–C) groups is 1. The van der Waals surface area contributed by atoms with Crippen LogP contribution in [-0.4, -0.2) is 43.2 Å². The standard InChI is InChI=1S/C15H23N3O/c1-10(2)12-8-7-9-13(14(12)19-6)15-16-11(3)17(4)18(15)5/h7-11H,1-6H3. The summed E-state index contributed by atoms with van der Waals surface area (Å²) in [5.41, 5.74) is 2.28. The molecule has 0 spiro atoms. The zero-order valence-corrected chi connectivity index (χ0v) is 12.6. The van der Waals surface area contributed by atoms with Crippen LogP contribution in [0.25, 0.3) is 0 Å². The van der Waals surface area contributed by atoms with Gasteiger partial charge in [-0.25, -0.2) is 4.99 Å². The summed E-state index contributed by atoms with van der Waals surface area (Å²) in [5, 5.41) is 4.18. The van der Waals surface area contributed by atoms with Gasteiger partial charge in [-0.2, -0.15) is 5.01 Å². The molecule has 1 heterocycles. The van der Waals surface area contributed by atoms with Crippen molar-refractivity contribution in [2.45, 2.75) is 32.9 Å². The summed E-state index contributed by atoms with van der Waals surface area (Å²) in [5.74, 6) is 2.33. The van der Waals surface area contributed by atoms with E-state index in [0.717, 1.165) is 17.1 Å². The number of hydrazine groups is 1. The van der Waals surface area contributed by atoms with Gasteiger partial charge in [-0.3, -0.25) is 5.01 Å². The third kappa shape index (κ3) is 2.32. The van der Waals surface area contributed by atoms with Crippen LogP contribution in [0.5, 0.6) is 5.75 Å². The Hall–Kier alpha value is -1.55. The molecule has 0 fully saturated rings. The highest BCUT2D eigenvalue weighted by atomic mass is 16.5. The van der Waals surface area contributed by atoms with Gasteiger partial charge in [-0.05, 0) is 24.5 Å². The average molecular weight is 261 g/mol.